The number of imidazole rings is 1. The molecule has 0 aliphatic carbocycles. The number of rotatable bonds is 4. The minimum absolute atomic E-state index is 0.0420. The summed E-state index contributed by atoms with van der Waals surface area (Å²) in [7, 11) is 3.38. The highest BCUT2D eigenvalue weighted by Crippen LogP contribution is 2.45. The van der Waals surface area contributed by atoms with Crippen molar-refractivity contribution in [2.24, 2.45) is 14.1 Å². The van der Waals surface area contributed by atoms with Gasteiger partial charge in [0, 0.05) is 43.9 Å². The molecule has 3 amide bonds. The van der Waals surface area contributed by atoms with E-state index in [2.05, 4.69) is 5.32 Å². The molecular formula is C27H23N5O4. The van der Waals surface area contributed by atoms with E-state index < -0.39 is 6.17 Å². The molecule has 180 valence electrons. The molecule has 3 heterocycles. The lowest BCUT2D eigenvalue weighted by molar-refractivity contribution is -0.116. The highest BCUT2D eigenvalue weighted by Gasteiger charge is 2.47. The van der Waals surface area contributed by atoms with Crippen molar-refractivity contribution in [3.8, 4) is 0 Å². The molecule has 0 saturated heterocycles. The molecule has 1 N–H and O–H groups in total. The molecule has 9 nitrogen and oxygen atoms in total. The van der Waals surface area contributed by atoms with Gasteiger partial charge in [0.15, 0.2) is 0 Å². The molecule has 1 aromatic heterocycles. The number of hydrogen-bond donors (Lipinski definition) is 1. The van der Waals surface area contributed by atoms with Crippen molar-refractivity contribution in [1.82, 2.24) is 14.0 Å². The monoisotopic (exact) mass is 481 g/mol. The molecule has 0 spiro atoms. The van der Waals surface area contributed by atoms with Crippen LogP contribution in [0, 0.1) is 0 Å². The van der Waals surface area contributed by atoms with Crippen molar-refractivity contribution in [1.29, 1.82) is 0 Å². The van der Waals surface area contributed by atoms with E-state index in [1.807, 2.05) is 18.2 Å². The van der Waals surface area contributed by atoms with E-state index >= 15 is 0 Å². The SMILES string of the molecule is Cn1c(=O)n(C)c2cc(NC(=O)CCN3C(=O)c4ccccc4N4C(=O)c5ccccc5C34)ccc21. The predicted molar refractivity (Wildman–Crippen MR) is 135 cm³/mol. The molecular weight excluding hydrogens is 458 g/mol. The molecule has 2 aliphatic rings. The summed E-state index contributed by atoms with van der Waals surface area (Å²) in [5.41, 5.74) is 4.22. The molecule has 3 aromatic carbocycles. The smallest absolute Gasteiger partial charge is 0.326 e. The Balaban J connectivity index is 1.27. The Morgan fingerprint density at radius 2 is 1.53 bits per heavy atom. The second kappa shape index (κ2) is 7.94. The maximum absolute atomic E-state index is 13.5. The van der Waals surface area contributed by atoms with Gasteiger partial charge in [-0.3, -0.25) is 28.4 Å². The molecule has 0 radical (unpaired) electrons. The Bertz CT molecular complexity index is 1650. The number of anilines is 2. The van der Waals surface area contributed by atoms with E-state index in [9.17, 15) is 19.2 Å². The van der Waals surface area contributed by atoms with Crippen LogP contribution in [-0.2, 0) is 18.9 Å². The first-order chi connectivity index (χ1) is 17.4. The van der Waals surface area contributed by atoms with E-state index in [-0.39, 0.29) is 36.4 Å². The van der Waals surface area contributed by atoms with Crippen LogP contribution in [0.3, 0.4) is 0 Å². The van der Waals surface area contributed by atoms with Gasteiger partial charge in [-0.05, 0) is 36.4 Å². The molecule has 1 atom stereocenters. The molecule has 2 aliphatic heterocycles. The van der Waals surface area contributed by atoms with E-state index in [1.165, 1.54) is 4.57 Å². The van der Waals surface area contributed by atoms with Crippen LogP contribution < -0.4 is 15.9 Å². The fourth-order valence-electron chi connectivity index (χ4n) is 5.23. The van der Waals surface area contributed by atoms with Crippen molar-refractivity contribution in [2.45, 2.75) is 12.6 Å². The van der Waals surface area contributed by atoms with Gasteiger partial charge in [0.25, 0.3) is 11.8 Å². The minimum Gasteiger partial charge on any atom is -0.326 e. The molecule has 1 unspecified atom stereocenters. The molecule has 36 heavy (non-hydrogen) atoms. The van der Waals surface area contributed by atoms with Crippen LogP contribution in [0.4, 0.5) is 11.4 Å². The average molecular weight is 482 g/mol. The summed E-state index contributed by atoms with van der Waals surface area (Å²) in [4.78, 5) is 55.1. The minimum atomic E-state index is -0.598. The molecule has 9 heteroatoms. The highest BCUT2D eigenvalue weighted by molar-refractivity contribution is 6.16. The van der Waals surface area contributed by atoms with Crippen molar-refractivity contribution in [3.05, 3.63) is 93.9 Å². The zero-order valence-corrected chi connectivity index (χ0v) is 19.8. The third-order valence-electron chi connectivity index (χ3n) is 7.02. The van der Waals surface area contributed by atoms with E-state index in [1.54, 1.807) is 77.0 Å². The van der Waals surface area contributed by atoms with Crippen LogP contribution in [0.2, 0.25) is 0 Å². The van der Waals surface area contributed by atoms with Crippen LogP contribution >= 0.6 is 0 Å². The second-order valence-electron chi connectivity index (χ2n) is 9.05. The van der Waals surface area contributed by atoms with Crippen LogP contribution in [-0.4, -0.2) is 38.3 Å². The maximum Gasteiger partial charge on any atom is 0.328 e. The Kier molecular flexibility index (Phi) is 4.82. The van der Waals surface area contributed by atoms with Crippen molar-refractivity contribution in [3.63, 3.8) is 0 Å². The van der Waals surface area contributed by atoms with Gasteiger partial charge in [0.05, 0.1) is 22.3 Å². The zero-order chi connectivity index (χ0) is 25.1. The maximum atomic E-state index is 13.5. The van der Waals surface area contributed by atoms with Crippen molar-refractivity contribution < 1.29 is 14.4 Å². The lowest BCUT2D eigenvalue weighted by Crippen LogP contribution is -2.48. The Morgan fingerprint density at radius 3 is 2.33 bits per heavy atom. The van der Waals surface area contributed by atoms with Gasteiger partial charge in [0.2, 0.25) is 5.91 Å². The fraction of sp³-hybridized carbons (Fsp3) is 0.185. The third kappa shape index (κ3) is 3.09. The summed E-state index contributed by atoms with van der Waals surface area (Å²) in [6.45, 7) is 0.133. The number of carbonyl (C=O) groups is 3. The summed E-state index contributed by atoms with van der Waals surface area (Å²) in [6, 6.07) is 19.6. The van der Waals surface area contributed by atoms with Crippen LogP contribution in [0.25, 0.3) is 11.0 Å². The molecule has 0 saturated carbocycles. The van der Waals surface area contributed by atoms with Crippen LogP contribution in [0.5, 0.6) is 0 Å². The summed E-state index contributed by atoms with van der Waals surface area (Å²) < 4.78 is 3.07. The van der Waals surface area contributed by atoms with Gasteiger partial charge in [0.1, 0.15) is 6.17 Å². The number of amides is 3. The summed E-state index contributed by atoms with van der Waals surface area (Å²) in [5, 5.41) is 2.87. The first-order valence-electron chi connectivity index (χ1n) is 11.6. The Hall–Kier alpha value is -4.66. The van der Waals surface area contributed by atoms with Gasteiger partial charge in [-0.25, -0.2) is 4.79 Å². The number of aromatic nitrogens is 2. The molecule has 4 aromatic rings. The van der Waals surface area contributed by atoms with Gasteiger partial charge >= 0.3 is 5.69 Å². The van der Waals surface area contributed by atoms with Gasteiger partial charge in [-0.2, -0.15) is 0 Å². The largest absolute Gasteiger partial charge is 0.328 e. The van der Waals surface area contributed by atoms with Crippen molar-refractivity contribution >= 4 is 40.1 Å². The topological polar surface area (TPSA) is 96.7 Å². The molecule has 0 bridgehead atoms. The normalized spacial score (nSPS) is 16.2. The highest BCUT2D eigenvalue weighted by atomic mass is 16.2. The first-order valence-corrected chi connectivity index (χ1v) is 11.6. The van der Waals surface area contributed by atoms with E-state index in [0.717, 1.165) is 11.1 Å². The summed E-state index contributed by atoms with van der Waals surface area (Å²) in [6.07, 6.45) is -0.556. The predicted octanol–water partition coefficient (Wildman–Crippen LogP) is 3.02. The van der Waals surface area contributed by atoms with Crippen molar-refractivity contribution in [2.75, 3.05) is 16.8 Å². The molecule has 6 rings (SSSR count). The van der Waals surface area contributed by atoms with Crippen LogP contribution in [0.1, 0.15) is 38.9 Å². The first kappa shape index (κ1) is 21.8. The lowest BCUT2D eigenvalue weighted by Gasteiger charge is -2.40. The van der Waals surface area contributed by atoms with E-state index in [0.29, 0.717) is 28.0 Å². The lowest BCUT2D eigenvalue weighted by atomic mass is 10.0. The average Bonchev–Trinajstić information content (AvgIpc) is 3.30. The number of fused-ring (bicyclic) bond motifs is 6. The summed E-state index contributed by atoms with van der Waals surface area (Å²) in [5.74, 6) is -0.650. The standard InChI is InChI=1S/C27H23N5O4/c1-29-21-12-11-16(15-22(21)30(2)27(29)36)28-23(33)13-14-31-24-17-7-3-4-8-18(17)26(35)32(24)20-10-6-5-9-19(20)25(31)34/h3-12,15,24H,13-14H2,1-2H3,(H,28,33). The van der Waals surface area contributed by atoms with Gasteiger partial charge in [-0.1, -0.05) is 30.3 Å². The van der Waals surface area contributed by atoms with Gasteiger partial charge < -0.3 is 10.2 Å². The fourth-order valence-corrected chi connectivity index (χ4v) is 5.23. The quantitative estimate of drug-likeness (QED) is 0.485. The zero-order valence-electron chi connectivity index (χ0n) is 19.8. The second-order valence-corrected chi connectivity index (χ2v) is 9.05. The Morgan fingerprint density at radius 1 is 0.833 bits per heavy atom. The number of benzene rings is 3. The third-order valence-corrected chi connectivity index (χ3v) is 7.02. The van der Waals surface area contributed by atoms with Crippen LogP contribution in [0.15, 0.2) is 71.5 Å². The number of para-hydroxylation sites is 1. The number of nitrogens with zero attached hydrogens (tertiary/aromatic N) is 4. The number of carbonyl (C=O) groups excluding carboxylic acids is 3. The van der Waals surface area contributed by atoms with Gasteiger partial charge in [-0.15, -0.1) is 0 Å². The number of nitrogens with one attached hydrogen (secondary N) is 1. The summed E-state index contributed by atoms with van der Waals surface area (Å²) >= 11 is 0. The number of hydrogen-bond acceptors (Lipinski definition) is 4. The molecule has 0 fully saturated rings. The Labute approximate surface area is 206 Å². The number of aryl methyl sites for hydroxylation is 2. The van der Waals surface area contributed by atoms with E-state index in [4.69, 9.17) is 0 Å².